The van der Waals surface area contributed by atoms with Crippen LogP contribution in [0.4, 0.5) is 5.69 Å². The summed E-state index contributed by atoms with van der Waals surface area (Å²) in [6.45, 7) is 1.65. The Kier molecular flexibility index (Phi) is 4.74. The predicted molar refractivity (Wildman–Crippen MR) is 128 cm³/mol. The van der Waals surface area contributed by atoms with Crippen molar-refractivity contribution in [3.63, 3.8) is 0 Å². The maximum atomic E-state index is 13.7. The van der Waals surface area contributed by atoms with Crippen LogP contribution in [0.25, 0.3) is 0 Å². The number of amides is 2. The molecule has 1 N–H and O–H groups in total. The minimum absolute atomic E-state index is 0.102. The molecule has 35 heavy (non-hydrogen) atoms. The number of nitrogens with zero attached hydrogens (tertiary/aromatic N) is 1. The van der Waals surface area contributed by atoms with Crippen molar-refractivity contribution in [2.75, 3.05) is 4.90 Å². The van der Waals surface area contributed by atoms with Gasteiger partial charge in [-0.25, -0.2) is 0 Å². The summed E-state index contributed by atoms with van der Waals surface area (Å²) in [5.41, 5.74) is 3.51. The van der Waals surface area contributed by atoms with Crippen LogP contribution in [0.3, 0.4) is 0 Å². The molecule has 0 radical (unpaired) electrons. The van der Waals surface area contributed by atoms with E-state index < -0.39 is 17.8 Å². The summed E-state index contributed by atoms with van der Waals surface area (Å²) in [5.74, 6) is -2.69. The fourth-order valence-corrected chi connectivity index (χ4v) is 6.24. The van der Waals surface area contributed by atoms with E-state index in [-0.39, 0.29) is 41.5 Å². The Morgan fingerprint density at radius 3 is 2.31 bits per heavy atom. The van der Waals surface area contributed by atoms with Gasteiger partial charge in [0.15, 0.2) is 11.6 Å². The van der Waals surface area contributed by atoms with Gasteiger partial charge in [-0.3, -0.25) is 24.1 Å². The van der Waals surface area contributed by atoms with Crippen LogP contribution in [0.5, 0.6) is 5.75 Å². The van der Waals surface area contributed by atoms with E-state index in [0.717, 1.165) is 11.1 Å². The number of phenolic OH excluding ortho intramolecular Hbond substituents is 1. The molecular formula is C29H23NO5. The van der Waals surface area contributed by atoms with Gasteiger partial charge in [0.2, 0.25) is 11.8 Å². The summed E-state index contributed by atoms with van der Waals surface area (Å²) in [7, 11) is 0. The van der Waals surface area contributed by atoms with E-state index in [4.69, 9.17) is 0 Å². The number of carbonyl (C=O) groups excluding carboxylic acids is 4. The first-order chi connectivity index (χ1) is 16.9. The molecule has 3 aliphatic carbocycles. The first kappa shape index (κ1) is 21.5. The average Bonchev–Trinajstić information content (AvgIpc) is 3.12. The molecule has 2 aromatic carbocycles. The molecule has 4 atom stereocenters. The number of aromatic hydroxyl groups is 1. The molecule has 2 amide bonds. The third kappa shape index (κ3) is 3.09. The number of benzene rings is 2. The van der Waals surface area contributed by atoms with Crippen molar-refractivity contribution in [1.29, 1.82) is 0 Å². The molecular weight excluding hydrogens is 442 g/mol. The van der Waals surface area contributed by atoms with Crippen LogP contribution in [0.2, 0.25) is 0 Å². The first-order valence-corrected chi connectivity index (χ1v) is 11.8. The molecule has 4 aliphatic rings. The maximum Gasteiger partial charge on any atom is 0.238 e. The largest absolute Gasteiger partial charge is 0.508 e. The van der Waals surface area contributed by atoms with Gasteiger partial charge in [-0.05, 0) is 61.6 Å². The van der Waals surface area contributed by atoms with E-state index in [1.807, 2.05) is 12.1 Å². The number of para-hydroxylation sites is 1. The summed E-state index contributed by atoms with van der Waals surface area (Å²) in [4.78, 5) is 54.8. The molecule has 0 aromatic heterocycles. The van der Waals surface area contributed by atoms with Gasteiger partial charge in [-0.15, -0.1) is 0 Å². The highest BCUT2D eigenvalue weighted by molar-refractivity contribution is 6.25. The summed E-state index contributed by atoms with van der Waals surface area (Å²) >= 11 is 0. The zero-order valence-corrected chi connectivity index (χ0v) is 19.1. The van der Waals surface area contributed by atoms with Gasteiger partial charge in [-0.1, -0.05) is 42.0 Å². The van der Waals surface area contributed by atoms with Gasteiger partial charge in [0.05, 0.1) is 17.5 Å². The molecule has 1 saturated heterocycles. The van der Waals surface area contributed by atoms with Crippen LogP contribution in [0.1, 0.15) is 31.2 Å². The Labute approximate surface area is 202 Å². The number of anilines is 1. The summed E-state index contributed by atoms with van der Waals surface area (Å²) in [5, 5.41) is 9.84. The van der Waals surface area contributed by atoms with Crippen molar-refractivity contribution in [3.8, 4) is 5.75 Å². The second-order valence-corrected chi connectivity index (χ2v) is 9.67. The number of hydrogen-bond donors (Lipinski definition) is 1. The standard InChI is InChI=1S/C29H23NO5/c1-15-13-23(32)22-14-21-19(24(26(22)27(15)33)16-7-9-18(31)10-8-16)11-12-20-25(21)29(35)30(28(20)34)17-5-3-2-4-6-17/h2-11,13,20-21,24-25,31H,12,14H2,1H3/t20-,21+,24-,25-/m0/s1. The van der Waals surface area contributed by atoms with Crippen molar-refractivity contribution in [2.45, 2.75) is 25.7 Å². The van der Waals surface area contributed by atoms with Crippen molar-refractivity contribution in [1.82, 2.24) is 0 Å². The van der Waals surface area contributed by atoms with E-state index in [0.29, 0.717) is 28.8 Å². The zero-order valence-electron chi connectivity index (χ0n) is 19.1. The number of Topliss-reactive ketones (excluding diaryl/α,β-unsaturated/α-hetero) is 1. The Morgan fingerprint density at radius 2 is 1.60 bits per heavy atom. The summed E-state index contributed by atoms with van der Waals surface area (Å²) in [6, 6.07) is 15.5. The van der Waals surface area contributed by atoms with Gasteiger partial charge in [0.25, 0.3) is 0 Å². The highest BCUT2D eigenvalue weighted by Gasteiger charge is 2.56. The Hall–Kier alpha value is -4.06. The van der Waals surface area contributed by atoms with E-state index in [1.165, 1.54) is 11.0 Å². The Bertz CT molecular complexity index is 1400. The molecule has 1 aliphatic heterocycles. The Balaban J connectivity index is 1.49. The maximum absolute atomic E-state index is 13.7. The second-order valence-electron chi connectivity index (χ2n) is 9.67. The van der Waals surface area contributed by atoms with Gasteiger partial charge >= 0.3 is 0 Å². The highest BCUT2D eigenvalue weighted by Crippen LogP contribution is 2.55. The van der Waals surface area contributed by atoms with Gasteiger partial charge < -0.3 is 5.11 Å². The molecule has 6 nitrogen and oxygen atoms in total. The normalized spacial score (nSPS) is 27.9. The van der Waals surface area contributed by atoms with Gasteiger partial charge in [-0.2, -0.15) is 0 Å². The molecule has 1 fully saturated rings. The molecule has 174 valence electrons. The number of allylic oxidation sites excluding steroid dienone is 6. The average molecular weight is 466 g/mol. The van der Waals surface area contributed by atoms with E-state index in [1.54, 1.807) is 55.5 Å². The SMILES string of the molecule is CC1=CC(=O)C2=C(C1=O)[C@@H](c1ccc(O)cc1)C1=CC[C@@H]3C(=O)N(c4ccccc4)C(=O)[C@@H]3[C@@H]1C2. The Morgan fingerprint density at radius 1 is 0.886 bits per heavy atom. The lowest BCUT2D eigenvalue weighted by Crippen LogP contribution is -2.39. The second kappa shape index (κ2) is 7.73. The number of hydrogen-bond acceptors (Lipinski definition) is 5. The summed E-state index contributed by atoms with van der Waals surface area (Å²) < 4.78 is 0. The number of ketones is 2. The predicted octanol–water partition coefficient (Wildman–Crippen LogP) is 4.03. The van der Waals surface area contributed by atoms with Gasteiger partial charge in [0.1, 0.15) is 5.75 Å². The zero-order chi connectivity index (χ0) is 24.4. The minimum Gasteiger partial charge on any atom is -0.508 e. The molecule has 1 heterocycles. The lowest BCUT2D eigenvalue weighted by atomic mass is 9.59. The molecule has 2 aromatic rings. The third-order valence-electron chi connectivity index (χ3n) is 7.81. The van der Waals surface area contributed by atoms with Crippen LogP contribution in [0.15, 0.2) is 89.0 Å². The molecule has 6 heteroatoms. The van der Waals surface area contributed by atoms with E-state index in [9.17, 15) is 24.3 Å². The van der Waals surface area contributed by atoms with Crippen molar-refractivity contribution in [2.24, 2.45) is 17.8 Å². The number of carbonyl (C=O) groups is 4. The molecule has 0 spiro atoms. The molecule has 6 rings (SSSR count). The van der Waals surface area contributed by atoms with Crippen molar-refractivity contribution >= 4 is 29.1 Å². The van der Waals surface area contributed by atoms with E-state index in [2.05, 4.69) is 0 Å². The molecule has 0 saturated carbocycles. The fraction of sp³-hybridized carbons (Fsp3) is 0.241. The minimum atomic E-state index is -0.591. The van der Waals surface area contributed by atoms with Crippen molar-refractivity contribution < 1.29 is 24.3 Å². The molecule has 0 unspecified atom stereocenters. The summed E-state index contributed by atoms with van der Waals surface area (Å²) in [6.07, 6.45) is 4.03. The quantitative estimate of drug-likeness (QED) is 0.411. The first-order valence-electron chi connectivity index (χ1n) is 11.8. The van der Waals surface area contributed by atoms with Crippen LogP contribution < -0.4 is 4.90 Å². The number of imide groups is 1. The van der Waals surface area contributed by atoms with E-state index >= 15 is 0 Å². The molecule has 0 bridgehead atoms. The monoisotopic (exact) mass is 465 g/mol. The van der Waals surface area contributed by atoms with Crippen LogP contribution in [-0.2, 0) is 19.2 Å². The smallest absolute Gasteiger partial charge is 0.238 e. The lowest BCUT2D eigenvalue weighted by molar-refractivity contribution is -0.123. The van der Waals surface area contributed by atoms with Crippen molar-refractivity contribution in [3.05, 3.63) is 94.6 Å². The highest BCUT2D eigenvalue weighted by atomic mass is 16.3. The number of phenols is 1. The van der Waals surface area contributed by atoms with Crippen LogP contribution in [-0.4, -0.2) is 28.5 Å². The fourth-order valence-electron chi connectivity index (χ4n) is 6.24. The van der Waals surface area contributed by atoms with Crippen LogP contribution in [0, 0.1) is 17.8 Å². The third-order valence-corrected chi connectivity index (χ3v) is 7.81. The number of fused-ring (bicyclic) bond motifs is 3. The lowest BCUT2D eigenvalue weighted by Gasteiger charge is -2.42. The number of rotatable bonds is 2. The van der Waals surface area contributed by atoms with Crippen LogP contribution >= 0.6 is 0 Å². The topological polar surface area (TPSA) is 91.8 Å². The van der Waals surface area contributed by atoms with Gasteiger partial charge in [0, 0.05) is 22.6 Å².